The van der Waals surface area contributed by atoms with Crippen LogP contribution in [0.2, 0.25) is 0 Å². The van der Waals surface area contributed by atoms with Gasteiger partial charge >= 0.3 is 12.6 Å². The van der Waals surface area contributed by atoms with E-state index in [0.29, 0.717) is 11.3 Å². The molecule has 7 nitrogen and oxygen atoms in total. The molecule has 0 radical (unpaired) electrons. The van der Waals surface area contributed by atoms with Crippen LogP contribution in [-0.4, -0.2) is 44.5 Å². The van der Waals surface area contributed by atoms with E-state index in [2.05, 4.69) is 10.1 Å². The lowest BCUT2D eigenvalue weighted by Crippen LogP contribution is -2.31. The Morgan fingerprint density at radius 1 is 1.04 bits per heavy atom. The number of hydrogen-bond donors (Lipinski definition) is 1. The second-order valence-corrected chi connectivity index (χ2v) is 5.37. The molecule has 2 aromatic carbocycles. The summed E-state index contributed by atoms with van der Waals surface area (Å²) in [6, 6.07) is 11.6. The fourth-order valence-corrected chi connectivity index (χ4v) is 2.16. The maximum absolute atomic E-state index is 12.4. The molecule has 0 aromatic heterocycles. The zero-order chi connectivity index (χ0) is 20.5. The smallest absolute Gasteiger partial charge is 0.387 e. The summed E-state index contributed by atoms with van der Waals surface area (Å²) in [5.74, 6) is -1.83. The van der Waals surface area contributed by atoms with Crippen LogP contribution in [0.1, 0.15) is 20.7 Å². The molecule has 28 heavy (non-hydrogen) atoms. The zero-order valence-electron chi connectivity index (χ0n) is 14.8. The standard InChI is InChI=1S/C19H17F2NO6/c1-26-13-8-6-12(7-9-13)15(23)11-27-17(24)10-22-18(25)14-4-2-3-5-16(14)28-19(20)21/h2-9,19H,10-11H2,1H3,(H,22,25). The van der Waals surface area contributed by atoms with Gasteiger partial charge in [-0.15, -0.1) is 0 Å². The van der Waals surface area contributed by atoms with Gasteiger partial charge in [0.05, 0.1) is 12.7 Å². The molecule has 9 heteroatoms. The minimum atomic E-state index is -3.09. The van der Waals surface area contributed by atoms with Gasteiger partial charge in [-0.25, -0.2) is 0 Å². The number of ether oxygens (including phenoxy) is 3. The SMILES string of the molecule is COc1ccc(C(=O)COC(=O)CNC(=O)c2ccccc2OC(F)F)cc1. The van der Waals surface area contributed by atoms with Crippen molar-refractivity contribution in [1.29, 1.82) is 0 Å². The molecule has 0 aliphatic heterocycles. The van der Waals surface area contributed by atoms with Crippen molar-refractivity contribution >= 4 is 17.7 Å². The summed E-state index contributed by atoms with van der Waals surface area (Å²) in [6.45, 7) is -4.15. The Balaban J connectivity index is 1.83. The van der Waals surface area contributed by atoms with Crippen molar-refractivity contribution in [1.82, 2.24) is 5.32 Å². The first kappa shape index (κ1) is 20.8. The van der Waals surface area contributed by atoms with E-state index in [1.54, 1.807) is 12.1 Å². The Labute approximate surface area is 159 Å². The number of methoxy groups -OCH3 is 1. The normalized spacial score (nSPS) is 10.3. The van der Waals surface area contributed by atoms with Crippen LogP contribution < -0.4 is 14.8 Å². The van der Waals surface area contributed by atoms with Gasteiger partial charge in [-0.2, -0.15) is 8.78 Å². The number of esters is 1. The molecule has 0 heterocycles. The molecule has 0 bridgehead atoms. The molecule has 0 fully saturated rings. The number of halogens is 2. The molecular formula is C19H17F2NO6. The first-order chi connectivity index (χ1) is 13.4. The Morgan fingerprint density at radius 3 is 2.36 bits per heavy atom. The van der Waals surface area contributed by atoms with Crippen molar-refractivity contribution < 1.29 is 37.4 Å². The highest BCUT2D eigenvalue weighted by Crippen LogP contribution is 2.20. The molecule has 0 aliphatic carbocycles. The minimum absolute atomic E-state index is 0.162. The molecule has 1 N–H and O–H groups in total. The second-order valence-electron chi connectivity index (χ2n) is 5.37. The maximum Gasteiger partial charge on any atom is 0.387 e. The van der Waals surface area contributed by atoms with Gasteiger partial charge < -0.3 is 19.5 Å². The van der Waals surface area contributed by atoms with Gasteiger partial charge in [0.2, 0.25) is 0 Å². The lowest BCUT2D eigenvalue weighted by Gasteiger charge is -2.10. The summed E-state index contributed by atoms with van der Waals surface area (Å²) >= 11 is 0. The minimum Gasteiger partial charge on any atom is -0.497 e. The van der Waals surface area contributed by atoms with Gasteiger partial charge in [-0.1, -0.05) is 12.1 Å². The molecule has 0 spiro atoms. The third-order valence-electron chi connectivity index (χ3n) is 3.52. The molecule has 2 aromatic rings. The molecule has 0 saturated heterocycles. The molecule has 0 unspecified atom stereocenters. The molecule has 0 atom stereocenters. The van der Waals surface area contributed by atoms with Crippen molar-refractivity contribution in [3.05, 3.63) is 59.7 Å². The first-order valence-electron chi connectivity index (χ1n) is 8.05. The number of carbonyl (C=O) groups is 3. The molecule has 1 amide bonds. The van der Waals surface area contributed by atoms with E-state index in [1.165, 1.54) is 43.5 Å². The summed E-state index contributed by atoms with van der Waals surface area (Å²) in [6.07, 6.45) is 0. The highest BCUT2D eigenvalue weighted by Gasteiger charge is 2.17. The largest absolute Gasteiger partial charge is 0.497 e. The van der Waals surface area contributed by atoms with Gasteiger partial charge in [-0.3, -0.25) is 14.4 Å². The van der Waals surface area contributed by atoms with E-state index in [1.807, 2.05) is 0 Å². The predicted octanol–water partition coefficient (Wildman–Crippen LogP) is 2.45. The van der Waals surface area contributed by atoms with Gasteiger partial charge in [0.15, 0.2) is 12.4 Å². The van der Waals surface area contributed by atoms with Crippen LogP contribution in [0.4, 0.5) is 8.78 Å². The van der Waals surface area contributed by atoms with Crippen molar-refractivity contribution in [3.8, 4) is 11.5 Å². The second kappa shape index (κ2) is 10.0. The molecule has 0 saturated carbocycles. The van der Waals surface area contributed by atoms with E-state index in [4.69, 9.17) is 9.47 Å². The number of carbonyl (C=O) groups excluding carboxylic acids is 3. The summed E-state index contributed by atoms with van der Waals surface area (Å²) in [7, 11) is 1.49. The van der Waals surface area contributed by atoms with E-state index < -0.39 is 37.4 Å². The third-order valence-corrected chi connectivity index (χ3v) is 3.52. The Bertz CT molecular complexity index is 839. The van der Waals surface area contributed by atoms with Crippen molar-refractivity contribution in [3.63, 3.8) is 0 Å². The maximum atomic E-state index is 12.4. The van der Waals surface area contributed by atoms with Crippen LogP contribution in [0.5, 0.6) is 11.5 Å². The van der Waals surface area contributed by atoms with Gasteiger partial charge in [0.25, 0.3) is 5.91 Å². The highest BCUT2D eigenvalue weighted by molar-refractivity contribution is 5.99. The number of benzene rings is 2. The van der Waals surface area contributed by atoms with E-state index in [-0.39, 0.29) is 11.3 Å². The number of amides is 1. The number of ketones is 1. The molecule has 0 aliphatic rings. The lowest BCUT2D eigenvalue weighted by molar-refractivity contribution is -0.141. The average molecular weight is 393 g/mol. The zero-order valence-corrected chi connectivity index (χ0v) is 14.8. The van der Waals surface area contributed by atoms with Crippen molar-refractivity contribution in [2.75, 3.05) is 20.3 Å². The fourth-order valence-electron chi connectivity index (χ4n) is 2.16. The van der Waals surface area contributed by atoms with Crippen molar-refractivity contribution in [2.45, 2.75) is 6.61 Å². The van der Waals surface area contributed by atoms with E-state index in [0.717, 1.165) is 0 Å². The predicted molar refractivity (Wildman–Crippen MR) is 93.7 cm³/mol. The van der Waals surface area contributed by atoms with Gasteiger partial charge in [-0.05, 0) is 36.4 Å². The number of Topliss-reactive ketones (excluding diaryl/α,β-unsaturated/α-hetero) is 1. The van der Waals surface area contributed by atoms with E-state index in [9.17, 15) is 23.2 Å². The third kappa shape index (κ3) is 6.04. The molecule has 2 rings (SSSR count). The Hall–Kier alpha value is -3.49. The first-order valence-corrected chi connectivity index (χ1v) is 8.05. The monoisotopic (exact) mass is 393 g/mol. The molecular weight excluding hydrogens is 376 g/mol. The van der Waals surface area contributed by atoms with Crippen LogP contribution in [-0.2, 0) is 9.53 Å². The topological polar surface area (TPSA) is 90.9 Å². The number of nitrogens with one attached hydrogen (secondary N) is 1. The number of hydrogen-bond acceptors (Lipinski definition) is 6. The van der Waals surface area contributed by atoms with Crippen molar-refractivity contribution in [2.24, 2.45) is 0 Å². The quantitative estimate of drug-likeness (QED) is 0.520. The van der Waals surface area contributed by atoms with Crippen LogP contribution in [0, 0.1) is 0 Å². The summed E-state index contributed by atoms with van der Waals surface area (Å²) in [5, 5.41) is 2.22. The fraction of sp³-hybridized carbons (Fsp3) is 0.211. The Morgan fingerprint density at radius 2 is 1.71 bits per heavy atom. The number of para-hydroxylation sites is 1. The number of rotatable bonds is 9. The lowest BCUT2D eigenvalue weighted by atomic mass is 10.1. The van der Waals surface area contributed by atoms with Crippen LogP contribution >= 0.6 is 0 Å². The summed E-state index contributed by atoms with van der Waals surface area (Å²) in [5.41, 5.74) is 0.167. The van der Waals surface area contributed by atoms with E-state index >= 15 is 0 Å². The highest BCUT2D eigenvalue weighted by atomic mass is 19.3. The van der Waals surface area contributed by atoms with Crippen LogP contribution in [0.25, 0.3) is 0 Å². The Kier molecular flexibility index (Phi) is 7.44. The van der Waals surface area contributed by atoms with Gasteiger partial charge in [0, 0.05) is 5.56 Å². The summed E-state index contributed by atoms with van der Waals surface area (Å²) < 4.78 is 38.8. The summed E-state index contributed by atoms with van der Waals surface area (Å²) in [4.78, 5) is 35.7. The number of alkyl halides is 2. The van der Waals surface area contributed by atoms with Crippen LogP contribution in [0.15, 0.2) is 48.5 Å². The van der Waals surface area contributed by atoms with Crippen LogP contribution in [0.3, 0.4) is 0 Å². The van der Waals surface area contributed by atoms with Gasteiger partial charge in [0.1, 0.15) is 18.0 Å². The molecule has 148 valence electrons. The average Bonchev–Trinajstić information content (AvgIpc) is 2.70.